The fourth-order valence-electron chi connectivity index (χ4n) is 2.45. The maximum Gasteiger partial charge on any atom is 0.322 e. The van der Waals surface area contributed by atoms with Crippen LogP contribution in [0.15, 0.2) is 28.8 Å². The molecule has 0 saturated carbocycles. The van der Waals surface area contributed by atoms with Crippen LogP contribution in [0.2, 0.25) is 0 Å². The van der Waals surface area contributed by atoms with Crippen molar-refractivity contribution in [3.8, 4) is 11.5 Å². The lowest BCUT2D eigenvalue weighted by Gasteiger charge is -2.09. The number of benzene rings is 2. The fourth-order valence-corrected chi connectivity index (χ4v) is 2.45. The van der Waals surface area contributed by atoms with Crippen molar-refractivity contribution in [3.05, 3.63) is 30.0 Å². The Balaban J connectivity index is 2.12. The van der Waals surface area contributed by atoms with E-state index < -0.39 is 18.4 Å². The molecule has 0 atom stereocenters. The van der Waals surface area contributed by atoms with Gasteiger partial charge in [-0.3, -0.25) is 9.59 Å². The van der Waals surface area contributed by atoms with Gasteiger partial charge in [0.05, 0.1) is 19.6 Å². The lowest BCUT2D eigenvalue weighted by atomic mass is 10.1. The molecular weight excluding hydrogens is 316 g/mol. The minimum Gasteiger partial charge on any atom is -0.493 e. The monoisotopic (exact) mass is 330 g/mol. The number of fused-ring (bicyclic) bond motifs is 3. The van der Waals surface area contributed by atoms with Crippen molar-refractivity contribution >= 4 is 33.6 Å². The topological polar surface area (TPSA) is 111 Å². The molecule has 2 aromatic carbocycles. The number of hydrogen-bond donors (Lipinski definition) is 2. The molecule has 8 heteroatoms. The van der Waals surface area contributed by atoms with Gasteiger partial charge in [-0.05, 0) is 23.6 Å². The minimum atomic E-state index is -1.14. The van der Waals surface area contributed by atoms with E-state index in [0.29, 0.717) is 27.9 Å². The molecule has 0 radical (unpaired) electrons. The molecule has 0 bridgehead atoms. The van der Waals surface area contributed by atoms with Crippen LogP contribution >= 0.6 is 0 Å². The molecule has 0 aliphatic heterocycles. The van der Waals surface area contributed by atoms with Crippen molar-refractivity contribution < 1.29 is 28.7 Å². The first-order valence-electron chi connectivity index (χ1n) is 6.99. The quantitative estimate of drug-likeness (QED) is 0.734. The first-order valence-corrected chi connectivity index (χ1v) is 6.99. The first-order chi connectivity index (χ1) is 11.5. The number of carboxylic acid groups (broad SMARTS) is 1. The average molecular weight is 330 g/mol. The van der Waals surface area contributed by atoms with Gasteiger partial charge in [-0.1, -0.05) is 11.2 Å². The van der Waals surface area contributed by atoms with Gasteiger partial charge in [0.1, 0.15) is 6.54 Å². The summed E-state index contributed by atoms with van der Waals surface area (Å²) in [5.41, 5.74) is 0.442. The van der Waals surface area contributed by atoms with Crippen LogP contribution in [-0.4, -0.2) is 42.9 Å². The summed E-state index contributed by atoms with van der Waals surface area (Å²) in [7, 11) is 3.07. The molecule has 0 unspecified atom stereocenters. The molecule has 0 aliphatic carbocycles. The molecule has 0 saturated heterocycles. The first kappa shape index (κ1) is 15.6. The third-order valence-corrected chi connectivity index (χ3v) is 3.57. The second-order valence-electron chi connectivity index (χ2n) is 4.98. The van der Waals surface area contributed by atoms with E-state index in [-0.39, 0.29) is 5.69 Å². The molecule has 1 aromatic heterocycles. The second-order valence-corrected chi connectivity index (χ2v) is 4.98. The largest absolute Gasteiger partial charge is 0.493 e. The number of aromatic nitrogens is 1. The van der Waals surface area contributed by atoms with Gasteiger partial charge in [0, 0.05) is 5.39 Å². The molecule has 2 N–H and O–H groups in total. The Labute approximate surface area is 135 Å². The summed E-state index contributed by atoms with van der Waals surface area (Å²) in [6.45, 7) is -0.494. The maximum atomic E-state index is 12.0. The molecule has 0 aliphatic rings. The summed E-state index contributed by atoms with van der Waals surface area (Å²) in [6, 6.07) is 7.02. The summed E-state index contributed by atoms with van der Waals surface area (Å²) >= 11 is 0. The molecule has 24 heavy (non-hydrogen) atoms. The molecule has 1 amide bonds. The number of carbonyl (C=O) groups is 2. The molecule has 124 valence electrons. The number of nitrogens with one attached hydrogen (secondary N) is 1. The average Bonchev–Trinajstić information content (AvgIpc) is 3.02. The fraction of sp³-hybridized carbons (Fsp3) is 0.188. The molecule has 1 heterocycles. The smallest absolute Gasteiger partial charge is 0.322 e. The van der Waals surface area contributed by atoms with E-state index in [1.807, 2.05) is 0 Å². The molecule has 3 aromatic rings. The van der Waals surface area contributed by atoms with Crippen molar-refractivity contribution in [2.45, 2.75) is 0 Å². The molecular formula is C16H14N2O6. The molecule has 0 spiro atoms. The highest BCUT2D eigenvalue weighted by Gasteiger charge is 2.19. The number of amides is 1. The van der Waals surface area contributed by atoms with E-state index >= 15 is 0 Å². The zero-order valence-electron chi connectivity index (χ0n) is 13.0. The van der Waals surface area contributed by atoms with Crippen LogP contribution in [0.1, 0.15) is 10.5 Å². The summed E-state index contributed by atoms with van der Waals surface area (Å²) in [4.78, 5) is 22.6. The Hall–Kier alpha value is -3.29. The SMILES string of the molecule is COc1cc2ccc3c(C(=O)NCC(=O)O)noc3c2cc1OC. The highest BCUT2D eigenvalue weighted by atomic mass is 16.5. The lowest BCUT2D eigenvalue weighted by Crippen LogP contribution is -2.29. The van der Waals surface area contributed by atoms with Crippen LogP contribution in [0, 0.1) is 0 Å². The Bertz CT molecular complexity index is 947. The number of methoxy groups -OCH3 is 2. The summed E-state index contributed by atoms with van der Waals surface area (Å²) in [6.07, 6.45) is 0. The van der Waals surface area contributed by atoms with Crippen LogP contribution in [0.25, 0.3) is 21.7 Å². The van der Waals surface area contributed by atoms with E-state index in [2.05, 4.69) is 10.5 Å². The van der Waals surface area contributed by atoms with Crippen molar-refractivity contribution in [2.24, 2.45) is 0 Å². The zero-order chi connectivity index (χ0) is 17.3. The highest BCUT2D eigenvalue weighted by molar-refractivity contribution is 6.12. The predicted molar refractivity (Wildman–Crippen MR) is 84.6 cm³/mol. The third kappa shape index (κ3) is 2.58. The highest BCUT2D eigenvalue weighted by Crippen LogP contribution is 2.36. The minimum absolute atomic E-state index is 0.0305. The van der Waals surface area contributed by atoms with Gasteiger partial charge in [-0.2, -0.15) is 0 Å². The third-order valence-electron chi connectivity index (χ3n) is 3.57. The van der Waals surface area contributed by atoms with E-state index in [4.69, 9.17) is 19.1 Å². The van der Waals surface area contributed by atoms with Crippen molar-refractivity contribution in [2.75, 3.05) is 20.8 Å². The van der Waals surface area contributed by atoms with Crippen LogP contribution in [0.5, 0.6) is 11.5 Å². The number of carboxylic acids is 1. The summed E-state index contributed by atoms with van der Waals surface area (Å²) in [5, 5.41) is 16.7. The van der Waals surface area contributed by atoms with Crippen molar-refractivity contribution in [3.63, 3.8) is 0 Å². The summed E-state index contributed by atoms with van der Waals surface area (Å²) < 4.78 is 15.9. The van der Waals surface area contributed by atoms with Gasteiger partial charge < -0.3 is 24.4 Å². The van der Waals surface area contributed by atoms with Crippen LogP contribution < -0.4 is 14.8 Å². The van der Waals surface area contributed by atoms with Gasteiger partial charge >= 0.3 is 5.97 Å². The normalized spacial score (nSPS) is 10.8. The van der Waals surface area contributed by atoms with E-state index in [1.54, 1.807) is 31.4 Å². The number of ether oxygens (including phenoxy) is 2. The van der Waals surface area contributed by atoms with Crippen LogP contribution in [-0.2, 0) is 4.79 Å². The predicted octanol–water partition coefficient (Wildman–Crippen LogP) is 1.81. The van der Waals surface area contributed by atoms with Crippen LogP contribution in [0.3, 0.4) is 0 Å². The van der Waals surface area contributed by atoms with Crippen molar-refractivity contribution in [1.82, 2.24) is 10.5 Å². The number of rotatable bonds is 5. The second kappa shape index (κ2) is 6.07. The standard InChI is InChI=1S/C16H14N2O6/c1-22-11-5-8-3-4-9-14(16(21)17-7-13(19)20)18-24-15(9)10(8)6-12(11)23-2/h3-6H,7H2,1-2H3,(H,17,21)(H,19,20). The number of nitrogens with zero attached hydrogens (tertiary/aromatic N) is 1. The van der Waals surface area contributed by atoms with E-state index in [0.717, 1.165) is 5.39 Å². The molecule has 3 rings (SSSR count). The van der Waals surface area contributed by atoms with Gasteiger partial charge in [0.25, 0.3) is 5.91 Å². The maximum absolute atomic E-state index is 12.0. The van der Waals surface area contributed by atoms with E-state index in [1.165, 1.54) is 7.11 Å². The van der Waals surface area contributed by atoms with Crippen LogP contribution in [0.4, 0.5) is 0 Å². The number of hydrogen-bond acceptors (Lipinski definition) is 6. The lowest BCUT2D eigenvalue weighted by molar-refractivity contribution is -0.135. The van der Waals surface area contributed by atoms with Gasteiger partial charge in [0.2, 0.25) is 0 Å². The molecule has 8 nitrogen and oxygen atoms in total. The zero-order valence-corrected chi connectivity index (χ0v) is 13.0. The van der Waals surface area contributed by atoms with E-state index in [9.17, 15) is 9.59 Å². The van der Waals surface area contributed by atoms with Gasteiger partial charge in [0.15, 0.2) is 22.8 Å². The molecule has 0 fully saturated rings. The summed E-state index contributed by atoms with van der Waals surface area (Å²) in [5.74, 6) is -0.663. The Morgan fingerprint density at radius 1 is 1.17 bits per heavy atom. The Kier molecular flexibility index (Phi) is 3.95. The number of aliphatic carboxylic acids is 1. The van der Waals surface area contributed by atoms with Gasteiger partial charge in [-0.25, -0.2) is 0 Å². The Morgan fingerprint density at radius 3 is 2.54 bits per heavy atom. The van der Waals surface area contributed by atoms with Crippen molar-refractivity contribution in [1.29, 1.82) is 0 Å². The van der Waals surface area contributed by atoms with Gasteiger partial charge in [-0.15, -0.1) is 0 Å². The Morgan fingerprint density at radius 2 is 1.88 bits per heavy atom. The number of carbonyl (C=O) groups excluding carboxylic acids is 1.